The molecule has 0 aliphatic carbocycles. The second-order valence-electron chi connectivity index (χ2n) is 17.9. The number of furan rings is 1. The van der Waals surface area contributed by atoms with Crippen molar-refractivity contribution in [1.82, 2.24) is 24.5 Å². The van der Waals surface area contributed by atoms with Crippen LogP contribution in [-0.4, -0.2) is 32.6 Å². The molecule has 60 heavy (non-hydrogen) atoms. The standard InChI is InChI=1S/C32H23N4O.C20H28NSi.Ir/c1-19-18-26-24-13-9-14-25(30(24)37-32(26)34-20(19)2)31-35-29-21(3)33-17-16-28(29)36(31)27-15-8-7-12-23(27)22-10-5-4-6-11-22;1-15-8-10-16(11-9-15)18-12-17(13-20(2,3)4)19(14-21-18)22(5,6)7;/h4-13,15-18H,1-3H3;8-10,12,14H,13H2,1-7H3;/q2*-1;. The van der Waals surface area contributed by atoms with Crippen molar-refractivity contribution < 1.29 is 24.5 Å². The Bertz CT molecular complexity index is 2970. The average Bonchev–Trinajstić information content (AvgIpc) is 3.77. The molecule has 0 bridgehead atoms. The van der Waals surface area contributed by atoms with E-state index < -0.39 is 8.07 Å². The van der Waals surface area contributed by atoms with Crippen molar-refractivity contribution in [1.29, 1.82) is 0 Å². The summed E-state index contributed by atoms with van der Waals surface area (Å²) in [6.45, 7) is 22.3. The number of pyridine rings is 3. The van der Waals surface area contributed by atoms with Gasteiger partial charge >= 0.3 is 0 Å². The zero-order valence-electron chi connectivity index (χ0n) is 36.2. The first kappa shape index (κ1) is 42.6. The predicted molar refractivity (Wildman–Crippen MR) is 247 cm³/mol. The first-order valence-corrected chi connectivity index (χ1v) is 23.8. The predicted octanol–water partition coefficient (Wildman–Crippen LogP) is 12.8. The second-order valence-corrected chi connectivity index (χ2v) is 22.9. The van der Waals surface area contributed by atoms with E-state index in [2.05, 4.69) is 155 Å². The summed E-state index contributed by atoms with van der Waals surface area (Å²) in [5.41, 5.74) is 15.4. The van der Waals surface area contributed by atoms with Crippen LogP contribution in [0.25, 0.3) is 72.6 Å². The number of nitrogens with zero attached hydrogens (tertiary/aromatic N) is 5. The van der Waals surface area contributed by atoms with Gasteiger partial charge in [-0.2, -0.15) is 0 Å². The van der Waals surface area contributed by atoms with Crippen molar-refractivity contribution in [3.63, 3.8) is 0 Å². The molecular formula is C52H51IrN5OSi-2. The fourth-order valence-corrected chi connectivity index (χ4v) is 9.37. The van der Waals surface area contributed by atoms with Gasteiger partial charge in [0.05, 0.1) is 36.2 Å². The van der Waals surface area contributed by atoms with Crippen LogP contribution in [0.1, 0.15) is 48.8 Å². The Morgan fingerprint density at radius 1 is 0.767 bits per heavy atom. The topological polar surface area (TPSA) is 69.6 Å². The number of hydrogen-bond acceptors (Lipinski definition) is 5. The van der Waals surface area contributed by atoms with Crippen LogP contribution in [-0.2, 0) is 26.5 Å². The number of rotatable bonds is 6. The van der Waals surface area contributed by atoms with Crippen LogP contribution in [0.4, 0.5) is 0 Å². The Morgan fingerprint density at radius 3 is 2.23 bits per heavy atom. The molecule has 6 nitrogen and oxygen atoms in total. The van der Waals surface area contributed by atoms with Gasteiger partial charge in [0, 0.05) is 54.8 Å². The van der Waals surface area contributed by atoms with Crippen molar-refractivity contribution in [3.05, 3.63) is 156 Å². The van der Waals surface area contributed by atoms with Crippen molar-refractivity contribution in [2.45, 2.75) is 74.5 Å². The minimum absolute atomic E-state index is 0. The summed E-state index contributed by atoms with van der Waals surface area (Å²) in [5.74, 6) is 0.757. The fourth-order valence-electron chi connectivity index (χ4n) is 7.79. The smallest absolute Gasteiger partial charge is 0.216 e. The number of aromatic nitrogens is 5. The fraction of sp³-hybridized carbons (Fsp3) is 0.231. The molecule has 0 saturated heterocycles. The minimum atomic E-state index is -1.38. The largest absolute Gasteiger partial charge is 0.486 e. The maximum Gasteiger partial charge on any atom is 0.216 e. The van der Waals surface area contributed by atoms with Crippen LogP contribution in [0, 0.1) is 45.2 Å². The van der Waals surface area contributed by atoms with Gasteiger partial charge in [-0.1, -0.05) is 118 Å². The molecule has 0 aliphatic rings. The summed E-state index contributed by atoms with van der Waals surface area (Å²) >= 11 is 0. The van der Waals surface area contributed by atoms with E-state index in [4.69, 9.17) is 19.4 Å². The van der Waals surface area contributed by atoms with Gasteiger partial charge in [0.15, 0.2) is 0 Å². The molecule has 4 aromatic carbocycles. The molecule has 5 aromatic heterocycles. The van der Waals surface area contributed by atoms with Gasteiger partial charge in [-0.3, -0.25) is 9.97 Å². The van der Waals surface area contributed by atoms with E-state index in [1.165, 1.54) is 16.3 Å². The van der Waals surface area contributed by atoms with E-state index in [1.807, 2.05) is 50.4 Å². The number of benzene rings is 4. The van der Waals surface area contributed by atoms with E-state index in [1.54, 1.807) is 0 Å². The van der Waals surface area contributed by atoms with Gasteiger partial charge in [-0.15, -0.1) is 53.6 Å². The van der Waals surface area contributed by atoms with E-state index in [0.717, 1.165) is 90.2 Å². The summed E-state index contributed by atoms with van der Waals surface area (Å²) < 4.78 is 8.60. The van der Waals surface area contributed by atoms with Crippen molar-refractivity contribution in [2.75, 3.05) is 0 Å². The minimum Gasteiger partial charge on any atom is -0.486 e. The summed E-state index contributed by atoms with van der Waals surface area (Å²) in [7, 11) is -1.38. The number of aryl methyl sites for hydroxylation is 4. The van der Waals surface area contributed by atoms with Crippen molar-refractivity contribution in [3.8, 4) is 39.5 Å². The maximum atomic E-state index is 6.39. The molecule has 9 aromatic rings. The summed E-state index contributed by atoms with van der Waals surface area (Å²) in [6.07, 6.45) is 5.05. The Labute approximate surface area is 368 Å². The SMILES string of the molecule is Cc1c[c-]c(-c2cc(CC(C)(C)C)c([Si](C)(C)C)cn2)cc1.Cc1cc2c(nc1C)oc1c(-c3nc4c(C)nccc4n3-c3ccccc3-c3ccccc3)[c-]ccc12.[Ir]. The molecule has 0 N–H and O–H groups in total. The molecule has 0 aliphatic heterocycles. The third-order valence-corrected chi connectivity index (χ3v) is 12.9. The van der Waals surface area contributed by atoms with Gasteiger partial charge < -0.3 is 14.0 Å². The van der Waals surface area contributed by atoms with Crippen LogP contribution in [0.15, 0.2) is 120 Å². The molecular weight excluding hydrogens is 931 g/mol. The Kier molecular flexibility index (Phi) is 12.0. The number of para-hydroxylation sites is 1. The van der Waals surface area contributed by atoms with E-state index in [9.17, 15) is 0 Å². The molecule has 8 heteroatoms. The summed E-state index contributed by atoms with van der Waals surface area (Å²) in [4.78, 5) is 19.1. The third-order valence-electron chi connectivity index (χ3n) is 10.8. The Morgan fingerprint density at radius 2 is 1.52 bits per heavy atom. The van der Waals surface area contributed by atoms with Crippen LogP contribution in [0.3, 0.4) is 0 Å². The summed E-state index contributed by atoms with van der Waals surface area (Å²) in [6, 6.07) is 42.4. The van der Waals surface area contributed by atoms with E-state index >= 15 is 0 Å². The van der Waals surface area contributed by atoms with E-state index in [-0.39, 0.29) is 25.5 Å². The number of hydrogen-bond donors (Lipinski definition) is 0. The normalized spacial score (nSPS) is 11.8. The molecule has 5 heterocycles. The molecule has 0 unspecified atom stereocenters. The zero-order chi connectivity index (χ0) is 41.6. The van der Waals surface area contributed by atoms with Crippen LogP contribution >= 0.6 is 0 Å². The van der Waals surface area contributed by atoms with Gasteiger partial charge in [-0.25, -0.2) is 4.98 Å². The zero-order valence-corrected chi connectivity index (χ0v) is 39.5. The quantitative estimate of drug-likeness (QED) is 0.123. The summed E-state index contributed by atoms with van der Waals surface area (Å²) in [5, 5.41) is 3.49. The first-order valence-electron chi connectivity index (χ1n) is 20.3. The number of fused-ring (bicyclic) bond motifs is 4. The van der Waals surface area contributed by atoms with E-state index in [0.29, 0.717) is 5.71 Å². The monoisotopic (exact) mass is 982 g/mol. The van der Waals surface area contributed by atoms with Crippen LogP contribution in [0.2, 0.25) is 19.6 Å². The molecule has 305 valence electrons. The van der Waals surface area contributed by atoms with Gasteiger partial charge in [0.1, 0.15) is 0 Å². The van der Waals surface area contributed by atoms with Gasteiger partial charge in [0.25, 0.3) is 0 Å². The van der Waals surface area contributed by atoms with Gasteiger partial charge in [0.2, 0.25) is 5.71 Å². The first-order chi connectivity index (χ1) is 28.2. The number of imidazole rings is 1. The molecule has 0 fully saturated rings. The third kappa shape index (κ3) is 8.55. The molecule has 0 spiro atoms. The van der Waals surface area contributed by atoms with Crippen molar-refractivity contribution >= 4 is 46.4 Å². The second kappa shape index (κ2) is 16.8. The van der Waals surface area contributed by atoms with Crippen LogP contribution in [0.5, 0.6) is 0 Å². The van der Waals surface area contributed by atoms with Crippen molar-refractivity contribution in [2.24, 2.45) is 5.41 Å². The van der Waals surface area contributed by atoms with Crippen LogP contribution < -0.4 is 5.19 Å². The van der Waals surface area contributed by atoms with Gasteiger partial charge in [-0.05, 0) is 72.8 Å². The Balaban J connectivity index is 0.000000204. The average molecular weight is 982 g/mol. The molecule has 0 amide bonds. The molecule has 0 saturated carbocycles. The Hall–Kier alpha value is -5.53. The maximum absolute atomic E-state index is 6.39. The molecule has 1 radical (unpaired) electrons. The molecule has 0 atom stereocenters. The molecule has 9 rings (SSSR count).